The summed E-state index contributed by atoms with van der Waals surface area (Å²) >= 11 is 0. The molecule has 3 aliphatic carbocycles. The Balaban J connectivity index is 0.00000205. The Morgan fingerprint density at radius 3 is 1.62 bits per heavy atom. The zero-order chi connectivity index (χ0) is 27.8. The molecule has 1 aromatic carbocycles. The Morgan fingerprint density at radius 2 is 1.18 bits per heavy atom. The average Bonchev–Trinajstić information content (AvgIpc) is 3.01. The van der Waals surface area contributed by atoms with Gasteiger partial charge in [-0.1, -0.05) is 97.1 Å². The smallest absolute Gasteiger partial charge is 0.199 e. The third-order valence-corrected chi connectivity index (χ3v) is 10.5. The normalized spacial score (nSPS) is 20.7. The van der Waals surface area contributed by atoms with Gasteiger partial charge in [0, 0.05) is 13.0 Å². The van der Waals surface area contributed by atoms with Crippen LogP contribution in [0.3, 0.4) is 0 Å². The lowest BCUT2D eigenvalue weighted by Gasteiger charge is -2.55. The predicted molar refractivity (Wildman–Crippen MR) is 168 cm³/mol. The van der Waals surface area contributed by atoms with Crippen LogP contribution in [0.25, 0.3) is 0 Å². The van der Waals surface area contributed by atoms with Crippen molar-refractivity contribution in [2.75, 3.05) is 6.61 Å². The van der Waals surface area contributed by atoms with Gasteiger partial charge in [-0.25, -0.2) is 0 Å². The molecule has 2 nitrogen and oxygen atoms in total. The van der Waals surface area contributed by atoms with Crippen LogP contribution in [0.5, 0.6) is 5.75 Å². The summed E-state index contributed by atoms with van der Waals surface area (Å²) in [5.74, 6) is 3.87. The highest BCUT2D eigenvalue weighted by atomic mass is 16.7. The van der Waals surface area contributed by atoms with Gasteiger partial charge in [-0.05, 0) is 112 Å². The van der Waals surface area contributed by atoms with Gasteiger partial charge in [-0.15, -0.1) is 0 Å². The van der Waals surface area contributed by atoms with Crippen molar-refractivity contribution in [1.29, 1.82) is 0 Å². The summed E-state index contributed by atoms with van der Waals surface area (Å²) in [6.45, 7) is 9.09. The van der Waals surface area contributed by atoms with Gasteiger partial charge >= 0.3 is 0 Å². The van der Waals surface area contributed by atoms with E-state index in [9.17, 15) is 0 Å². The first kappa shape index (κ1) is 32.5. The van der Waals surface area contributed by atoms with E-state index >= 15 is 0 Å². The molecular weight excluding hydrogens is 476 g/mol. The highest BCUT2D eigenvalue weighted by Crippen LogP contribution is 2.59. The van der Waals surface area contributed by atoms with E-state index in [1.165, 1.54) is 128 Å². The predicted octanol–water partition coefficient (Wildman–Crippen LogP) is 11.7. The Hall–Kier alpha value is -1.02. The molecule has 0 aromatic heterocycles. The van der Waals surface area contributed by atoms with Gasteiger partial charge in [-0.3, -0.25) is 0 Å². The molecule has 3 saturated carbocycles. The Bertz CT molecular complexity index is 677. The van der Waals surface area contributed by atoms with E-state index in [0.29, 0.717) is 5.41 Å². The van der Waals surface area contributed by atoms with E-state index in [1.807, 2.05) is 13.8 Å². The van der Waals surface area contributed by atoms with Gasteiger partial charge in [0.2, 0.25) is 0 Å². The molecule has 0 heterocycles. The minimum Gasteiger partial charge on any atom is -0.465 e. The second-order valence-electron chi connectivity index (χ2n) is 12.8. The average molecular weight is 541 g/mol. The molecule has 4 rings (SSSR count). The molecule has 2 heteroatoms. The van der Waals surface area contributed by atoms with Crippen molar-refractivity contribution in [2.24, 2.45) is 23.2 Å². The maximum absolute atomic E-state index is 6.44. The van der Waals surface area contributed by atoms with Crippen LogP contribution in [-0.2, 0) is 11.2 Å². The number of rotatable bonds is 14. The molecule has 0 bridgehead atoms. The minimum atomic E-state index is -0.117. The largest absolute Gasteiger partial charge is 0.465 e. The first-order valence-corrected chi connectivity index (χ1v) is 17.6. The summed E-state index contributed by atoms with van der Waals surface area (Å²) in [6.07, 6.45) is 29.5. The standard InChI is InChI=1S/C35H58O2.C2H6/c1-3-5-16-29-24-26-33(27-25-29)37-34(36-4-2)23-15-28-35(30-17-9-6-10-18-30,31-19-11-7-12-20-31)32-21-13-8-14-22-32;1-2/h24-27,30-32,34H,3-23,28H2,1-2H3;1-2H3. The topological polar surface area (TPSA) is 18.5 Å². The van der Waals surface area contributed by atoms with Crippen LogP contribution in [0.15, 0.2) is 24.3 Å². The van der Waals surface area contributed by atoms with Crippen molar-refractivity contribution in [1.82, 2.24) is 0 Å². The van der Waals surface area contributed by atoms with Gasteiger partial charge in [-0.2, -0.15) is 0 Å². The van der Waals surface area contributed by atoms with Crippen LogP contribution in [0.1, 0.15) is 162 Å². The van der Waals surface area contributed by atoms with Gasteiger partial charge in [0.05, 0.1) is 0 Å². The molecule has 0 radical (unpaired) electrons. The lowest BCUT2D eigenvalue weighted by molar-refractivity contribution is -0.0918. The fourth-order valence-electron chi connectivity index (χ4n) is 8.74. The van der Waals surface area contributed by atoms with Crippen LogP contribution in [0.2, 0.25) is 0 Å². The van der Waals surface area contributed by atoms with E-state index in [2.05, 4.69) is 38.1 Å². The molecule has 1 atom stereocenters. The molecule has 224 valence electrons. The first-order valence-electron chi connectivity index (χ1n) is 17.6. The second-order valence-corrected chi connectivity index (χ2v) is 12.8. The third-order valence-electron chi connectivity index (χ3n) is 10.5. The van der Waals surface area contributed by atoms with Gasteiger partial charge in [0.15, 0.2) is 6.29 Å². The molecule has 1 unspecified atom stereocenters. The molecular formula is C37H64O2. The Kier molecular flexibility index (Phi) is 15.3. The van der Waals surface area contributed by atoms with Gasteiger partial charge < -0.3 is 9.47 Å². The van der Waals surface area contributed by atoms with E-state index in [4.69, 9.17) is 9.47 Å². The van der Waals surface area contributed by atoms with Crippen molar-refractivity contribution >= 4 is 0 Å². The fraction of sp³-hybridized carbons (Fsp3) is 0.838. The Labute approximate surface area is 243 Å². The van der Waals surface area contributed by atoms with Crippen molar-refractivity contribution in [3.8, 4) is 5.75 Å². The molecule has 0 amide bonds. The molecule has 1 aromatic rings. The Morgan fingerprint density at radius 1 is 0.692 bits per heavy atom. The summed E-state index contributed by atoms with van der Waals surface area (Å²) in [5, 5.41) is 0. The van der Waals surface area contributed by atoms with Crippen molar-refractivity contribution in [3.05, 3.63) is 29.8 Å². The van der Waals surface area contributed by atoms with Gasteiger partial charge in [0.25, 0.3) is 0 Å². The maximum atomic E-state index is 6.44. The zero-order valence-corrected chi connectivity index (χ0v) is 26.5. The third kappa shape index (κ3) is 9.51. The number of hydrogen-bond acceptors (Lipinski definition) is 2. The van der Waals surface area contributed by atoms with E-state index in [-0.39, 0.29) is 6.29 Å². The maximum Gasteiger partial charge on any atom is 0.199 e. The van der Waals surface area contributed by atoms with Crippen molar-refractivity contribution in [3.63, 3.8) is 0 Å². The molecule has 0 aliphatic heterocycles. The van der Waals surface area contributed by atoms with Crippen molar-refractivity contribution in [2.45, 2.75) is 169 Å². The summed E-state index contributed by atoms with van der Waals surface area (Å²) < 4.78 is 12.6. The lowest BCUT2D eigenvalue weighted by atomic mass is 9.50. The van der Waals surface area contributed by atoms with Crippen LogP contribution >= 0.6 is 0 Å². The van der Waals surface area contributed by atoms with E-state index in [1.54, 1.807) is 0 Å². The fourth-order valence-corrected chi connectivity index (χ4v) is 8.74. The zero-order valence-electron chi connectivity index (χ0n) is 26.5. The van der Waals surface area contributed by atoms with Crippen LogP contribution < -0.4 is 4.74 Å². The molecule has 3 fully saturated rings. The minimum absolute atomic E-state index is 0.117. The van der Waals surface area contributed by atoms with E-state index in [0.717, 1.165) is 43.0 Å². The molecule has 3 aliphatic rings. The van der Waals surface area contributed by atoms with Crippen LogP contribution in [0, 0.1) is 23.2 Å². The number of benzene rings is 1. The van der Waals surface area contributed by atoms with Crippen LogP contribution in [-0.4, -0.2) is 12.9 Å². The summed E-state index contributed by atoms with van der Waals surface area (Å²) in [4.78, 5) is 0. The highest BCUT2D eigenvalue weighted by molar-refractivity contribution is 5.27. The number of ether oxygens (including phenoxy) is 2. The number of unbranched alkanes of at least 4 members (excludes halogenated alkanes) is 1. The first-order chi connectivity index (χ1) is 19.3. The quantitative estimate of drug-likeness (QED) is 0.218. The summed E-state index contributed by atoms with van der Waals surface area (Å²) in [6, 6.07) is 8.81. The second kappa shape index (κ2) is 18.4. The monoisotopic (exact) mass is 540 g/mol. The number of hydrogen-bond donors (Lipinski definition) is 0. The summed E-state index contributed by atoms with van der Waals surface area (Å²) in [7, 11) is 0. The van der Waals surface area contributed by atoms with Crippen molar-refractivity contribution < 1.29 is 9.47 Å². The summed E-state index contributed by atoms with van der Waals surface area (Å²) in [5.41, 5.74) is 2.00. The van der Waals surface area contributed by atoms with Gasteiger partial charge in [0.1, 0.15) is 5.75 Å². The highest BCUT2D eigenvalue weighted by Gasteiger charge is 2.49. The molecule has 0 saturated heterocycles. The van der Waals surface area contributed by atoms with Crippen LogP contribution in [0.4, 0.5) is 0 Å². The van der Waals surface area contributed by atoms with E-state index < -0.39 is 0 Å². The molecule has 39 heavy (non-hydrogen) atoms. The SMILES string of the molecule is CC.CCCCc1ccc(OC(CCCC(C2CCCCC2)(C2CCCCC2)C2CCCCC2)OCC)cc1. The lowest BCUT2D eigenvalue weighted by Crippen LogP contribution is -2.47. The molecule has 0 spiro atoms. The number of aryl methyl sites for hydroxylation is 1. The molecule has 0 N–H and O–H groups in total.